The topological polar surface area (TPSA) is 28.4 Å². The van der Waals surface area contributed by atoms with Gasteiger partial charge in [-0.05, 0) is 38.7 Å². The maximum Gasteiger partial charge on any atom is 0.118 e. The average Bonchev–Trinajstić information content (AvgIpc) is 2.82. The number of furan rings is 1. The van der Waals surface area contributed by atoms with E-state index in [1.807, 2.05) is 26.1 Å². The van der Waals surface area contributed by atoms with E-state index in [0.29, 0.717) is 6.04 Å². The van der Waals surface area contributed by atoms with E-state index in [4.69, 9.17) is 4.42 Å². The Morgan fingerprint density at radius 3 is 2.47 bits per heavy atom. The molecule has 0 aliphatic carbocycles. The molecular weight excluding hydrogens is 236 g/mol. The van der Waals surface area contributed by atoms with Crippen LogP contribution in [0.25, 0.3) is 0 Å². The van der Waals surface area contributed by atoms with E-state index in [1.54, 1.807) is 0 Å². The Labute approximate surface area is 115 Å². The number of benzene rings is 1. The first-order chi connectivity index (χ1) is 9.20. The van der Waals surface area contributed by atoms with Crippen molar-refractivity contribution in [2.75, 3.05) is 20.6 Å². The van der Waals surface area contributed by atoms with Crippen LogP contribution in [0.1, 0.15) is 23.1 Å². The van der Waals surface area contributed by atoms with Crippen LogP contribution in [-0.2, 0) is 6.54 Å². The smallest absolute Gasteiger partial charge is 0.118 e. The van der Waals surface area contributed by atoms with E-state index in [-0.39, 0.29) is 0 Å². The van der Waals surface area contributed by atoms with Gasteiger partial charge in [-0.2, -0.15) is 0 Å². The minimum absolute atomic E-state index is 0.344. The zero-order valence-electron chi connectivity index (χ0n) is 11.9. The summed E-state index contributed by atoms with van der Waals surface area (Å²) in [5.74, 6) is 1.98. The molecule has 2 rings (SSSR count). The highest BCUT2D eigenvalue weighted by Gasteiger charge is 2.17. The van der Waals surface area contributed by atoms with Gasteiger partial charge in [0.2, 0.25) is 0 Å². The molecule has 0 amide bonds. The zero-order chi connectivity index (χ0) is 13.7. The standard InChI is InChI=1S/C16H22N2O/c1-13-9-10-15(19-13)12-18(3)16(11-17-2)14-7-5-4-6-8-14/h4-10,16-17H,11-12H2,1-3H3. The predicted octanol–water partition coefficient (Wildman–Crippen LogP) is 2.98. The Balaban J connectivity index is 2.10. The molecule has 1 aromatic heterocycles. The predicted molar refractivity (Wildman–Crippen MR) is 78.0 cm³/mol. The van der Waals surface area contributed by atoms with Crippen molar-refractivity contribution >= 4 is 0 Å². The lowest BCUT2D eigenvalue weighted by Crippen LogP contribution is -2.31. The minimum Gasteiger partial charge on any atom is -0.465 e. The van der Waals surface area contributed by atoms with E-state index in [2.05, 4.69) is 47.6 Å². The maximum atomic E-state index is 5.66. The van der Waals surface area contributed by atoms with E-state index in [0.717, 1.165) is 24.6 Å². The molecule has 3 heteroatoms. The molecule has 0 saturated carbocycles. The summed E-state index contributed by atoms with van der Waals surface area (Å²) < 4.78 is 5.66. The summed E-state index contributed by atoms with van der Waals surface area (Å²) in [4.78, 5) is 2.31. The van der Waals surface area contributed by atoms with E-state index >= 15 is 0 Å². The maximum absolute atomic E-state index is 5.66. The molecule has 1 heterocycles. The van der Waals surface area contributed by atoms with Crippen LogP contribution in [0.2, 0.25) is 0 Å². The third-order valence-electron chi connectivity index (χ3n) is 3.32. The quantitative estimate of drug-likeness (QED) is 0.863. The first kappa shape index (κ1) is 13.8. The van der Waals surface area contributed by atoms with Gasteiger partial charge >= 0.3 is 0 Å². The van der Waals surface area contributed by atoms with Crippen LogP contribution in [0.5, 0.6) is 0 Å². The van der Waals surface area contributed by atoms with Gasteiger partial charge in [0.1, 0.15) is 11.5 Å². The summed E-state index contributed by atoms with van der Waals surface area (Å²) >= 11 is 0. The second-order valence-corrected chi connectivity index (χ2v) is 4.91. The number of likely N-dealkylation sites (N-methyl/N-ethyl adjacent to an activating group) is 2. The van der Waals surface area contributed by atoms with Crippen molar-refractivity contribution in [3.63, 3.8) is 0 Å². The fourth-order valence-corrected chi connectivity index (χ4v) is 2.32. The minimum atomic E-state index is 0.344. The van der Waals surface area contributed by atoms with E-state index < -0.39 is 0 Å². The van der Waals surface area contributed by atoms with Crippen molar-refractivity contribution in [2.45, 2.75) is 19.5 Å². The van der Waals surface area contributed by atoms with Crippen molar-refractivity contribution < 1.29 is 4.42 Å². The van der Waals surface area contributed by atoms with Gasteiger partial charge in [-0.15, -0.1) is 0 Å². The van der Waals surface area contributed by atoms with Crippen molar-refractivity contribution in [2.24, 2.45) is 0 Å². The van der Waals surface area contributed by atoms with E-state index in [1.165, 1.54) is 5.56 Å². The zero-order valence-corrected chi connectivity index (χ0v) is 11.9. The van der Waals surface area contributed by atoms with Crippen LogP contribution in [-0.4, -0.2) is 25.5 Å². The van der Waals surface area contributed by atoms with Gasteiger partial charge in [0.05, 0.1) is 6.54 Å². The Morgan fingerprint density at radius 1 is 1.16 bits per heavy atom. The Hall–Kier alpha value is -1.58. The first-order valence-corrected chi connectivity index (χ1v) is 6.66. The number of rotatable bonds is 6. The average molecular weight is 258 g/mol. The molecular formula is C16H22N2O. The lowest BCUT2D eigenvalue weighted by atomic mass is 10.1. The van der Waals surface area contributed by atoms with Crippen LogP contribution in [0.15, 0.2) is 46.9 Å². The molecule has 1 N–H and O–H groups in total. The van der Waals surface area contributed by atoms with Crippen molar-refractivity contribution in [3.05, 3.63) is 59.5 Å². The molecule has 0 aliphatic rings. The monoisotopic (exact) mass is 258 g/mol. The summed E-state index contributed by atoms with van der Waals surface area (Å²) in [6, 6.07) is 15.0. The third-order valence-corrected chi connectivity index (χ3v) is 3.32. The Morgan fingerprint density at radius 2 is 1.89 bits per heavy atom. The molecule has 0 radical (unpaired) electrons. The van der Waals surface area contributed by atoms with Crippen molar-refractivity contribution in [1.29, 1.82) is 0 Å². The van der Waals surface area contributed by atoms with Gasteiger partial charge < -0.3 is 9.73 Å². The lowest BCUT2D eigenvalue weighted by molar-refractivity contribution is 0.214. The number of hydrogen-bond donors (Lipinski definition) is 1. The second-order valence-electron chi connectivity index (χ2n) is 4.91. The Bertz CT molecular complexity index is 492. The molecule has 0 aliphatic heterocycles. The van der Waals surface area contributed by atoms with Crippen molar-refractivity contribution in [3.8, 4) is 0 Å². The van der Waals surface area contributed by atoms with Gasteiger partial charge in [0, 0.05) is 12.6 Å². The molecule has 0 fully saturated rings. The molecule has 0 bridgehead atoms. The number of nitrogens with one attached hydrogen (secondary N) is 1. The molecule has 1 unspecified atom stereocenters. The van der Waals surface area contributed by atoms with Crippen LogP contribution in [0, 0.1) is 6.92 Å². The number of nitrogens with zero attached hydrogens (tertiary/aromatic N) is 1. The molecule has 0 saturated heterocycles. The Kier molecular flexibility index (Phi) is 4.77. The lowest BCUT2D eigenvalue weighted by Gasteiger charge is -2.27. The molecule has 19 heavy (non-hydrogen) atoms. The highest BCUT2D eigenvalue weighted by molar-refractivity contribution is 5.19. The molecule has 102 valence electrons. The SMILES string of the molecule is CNCC(c1ccccc1)N(C)Cc1ccc(C)o1. The highest BCUT2D eigenvalue weighted by atomic mass is 16.3. The molecule has 1 aromatic carbocycles. The summed E-state index contributed by atoms with van der Waals surface area (Å²) in [5.41, 5.74) is 1.32. The van der Waals surface area contributed by atoms with Gasteiger partial charge in [0.25, 0.3) is 0 Å². The summed E-state index contributed by atoms with van der Waals surface area (Å²) in [7, 11) is 4.12. The van der Waals surface area contributed by atoms with E-state index in [9.17, 15) is 0 Å². The summed E-state index contributed by atoms with van der Waals surface area (Å²) in [6.07, 6.45) is 0. The third kappa shape index (κ3) is 3.69. The van der Waals surface area contributed by atoms with Gasteiger partial charge in [-0.1, -0.05) is 30.3 Å². The van der Waals surface area contributed by atoms with Gasteiger partial charge in [-0.25, -0.2) is 0 Å². The van der Waals surface area contributed by atoms with Crippen molar-refractivity contribution in [1.82, 2.24) is 10.2 Å². The molecule has 0 spiro atoms. The normalized spacial score (nSPS) is 12.8. The van der Waals surface area contributed by atoms with Gasteiger partial charge in [0.15, 0.2) is 0 Å². The van der Waals surface area contributed by atoms with Crippen LogP contribution >= 0.6 is 0 Å². The molecule has 2 aromatic rings. The van der Waals surface area contributed by atoms with Crippen LogP contribution in [0.4, 0.5) is 0 Å². The number of aryl methyl sites for hydroxylation is 1. The summed E-state index contributed by atoms with van der Waals surface area (Å²) in [6.45, 7) is 3.71. The highest BCUT2D eigenvalue weighted by Crippen LogP contribution is 2.21. The largest absolute Gasteiger partial charge is 0.465 e. The fourth-order valence-electron chi connectivity index (χ4n) is 2.32. The first-order valence-electron chi connectivity index (χ1n) is 6.66. The summed E-state index contributed by atoms with van der Waals surface area (Å²) in [5, 5.41) is 3.27. The fraction of sp³-hybridized carbons (Fsp3) is 0.375. The van der Waals surface area contributed by atoms with Crippen LogP contribution in [0.3, 0.4) is 0 Å². The molecule has 1 atom stereocenters. The van der Waals surface area contributed by atoms with Gasteiger partial charge in [-0.3, -0.25) is 4.90 Å². The second kappa shape index (κ2) is 6.55. The number of hydrogen-bond acceptors (Lipinski definition) is 3. The van der Waals surface area contributed by atoms with Crippen LogP contribution < -0.4 is 5.32 Å². The molecule has 3 nitrogen and oxygen atoms in total.